The van der Waals surface area contributed by atoms with E-state index in [-0.39, 0.29) is 76.7 Å². The largest absolute Gasteiger partial charge is 0.457 e. The molecule has 2 N–H and O–H groups in total. The molecular weight excluding hydrogens is 604 g/mol. The van der Waals surface area contributed by atoms with E-state index in [4.69, 9.17) is 9.47 Å². The molecule has 0 amide bonds. The molecule has 48 heavy (non-hydrogen) atoms. The minimum absolute atomic E-state index is 0.0110. The molecule has 228 valence electrons. The zero-order valence-electron chi connectivity index (χ0n) is 26.9. The van der Waals surface area contributed by atoms with E-state index >= 15 is 0 Å². The van der Waals surface area contributed by atoms with Gasteiger partial charge in [-0.1, -0.05) is 60.7 Å². The Bertz CT molecular complexity index is 2930. The number of H-pyrrole nitrogens is 2. The first kappa shape index (κ1) is 25.4. The van der Waals surface area contributed by atoms with Crippen LogP contribution in [0.15, 0.2) is 141 Å². The zero-order chi connectivity index (χ0) is 34.3. The third-order valence-corrected chi connectivity index (χ3v) is 8.66. The highest BCUT2D eigenvalue weighted by Gasteiger charge is 2.20. The molecule has 0 aliphatic heterocycles. The molecule has 0 aliphatic rings. The van der Waals surface area contributed by atoms with E-state index in [1.807, 2.05) is 12.1 Å². The monoisotopic (exact) mass is 628 g/mol. The highest BCUT2D eigenvalue weighted by Crippen LogP contribution is 2.32. The molecule has 0 aliphatic carbocycles. The number of benzene rings is 8. The Hall–Kier alpha value is -6.80. The molecule has 9 rings (SSSR count). The van der Waals surface area contributed by atoms with Crippen molar-refractivity contribution in [2.75, 3.05) is 0 Å². The van der Waals surface area contributed by atoms with Crippen molar-refractivity contribution in [3.63, 3.8) is 0 Å². The third kappa shape index (κ3) is 4.03. The average molecular weight is 629 g/mol. The highest BCUT2D eigenvalue weighted by molar-refractivity contribution is 6.15. The predicted octanol–water partition coefficient (Wildman–Crippen LogP) is 7.73. The Kier molecular flexibility index (Phi) is 5.48. The minimum Gasteiger partial charge on any atom is -0.457 e. The Morgan fingerprint density at radius 3 is 1.19 bits per heavy atom. The normalized spacial score (nSPS) is 12.2. The van der Waals surface area contributed by atoms with E-state index in [2.05, 4.69) is 0 Å². The highest BCUT2D eigenvalue weighted by atomic mass is 16.5. The lowest BCUT2D eigenvalue weighted by Crippen LogP contribution is -2.15. The van der Waals surface area contributed by atoms with Crippen LogP contribution in [-0.2, 0) is 0 Å². The van der Waals surface area contributed by atoms with Crippen molar-refractivity contribution in [1.82, 2.24) is 9.95 Å². The van der Waals surface area contributed by atoms with Crippen LogP contribution in [0.4, 0.5) is 0 Å². The number of para-hydroxylation sites is 2. The van der Waals surface area contributed by atoms with Gasteiger partial charge in [0, 0.05) is 21.5 Å². The molecule has 8 aromatic carbocycles. The van der Waals surface area contributed by atoms with Crippen molar-refractivity contribution < 1.29 is 12.3 Å². The van der Waals surface area contributed by atoms with Gasteiger partial charge in [-0.15, -0.1) is 0 Å². The van der Waals surface area contributed by atoms with Gasteiger partial charge in [-0.3, -0.25) is 19.2 Å². The van der Waals surface area contributed by atoms with Gasteiger partial charge in [-0.05, 0) is 60.7 Å². The van der Waals surface area contributed by atoms with Crippen molar-refractivity contribution in [3.8, 4) is 23.0 Å². The summed E-state index contributed by atoms with van der Waals surface area (Å²) in [5.74, 6) is 1.43. The molecule has 0 unspecified atom stereocenters. The van der Waals surface area contributed by atoms with E-state index in [1.165, 1.54) is 36.4 Å². The third-order valence-electron chi connectivity index (χ3n) is 8.66. The molecule has 0 saturated heterocycles. The first-order chi connectivity index (χ1) is 24.3. The number of rotatable bonds is 4. The molecule has 1 aromatic heterocycles. The Labute approximate surface area is 272 Å². The van der Waals surface area contributed by atoms with Gasteiger partial charge in [-0.2, -0.15) is 0 Å². The van der Waals surface area contributed by atoms with Crippen molar-refractivity contribution in [1.29, 1.82) is 0 Å². The number of hydrogen-bond acceptors (Lipinski definition) is 6. The zero-order valence-corrected chi connectivity index (χ0v) is 24.9. The summed E-state index contributed by atoms with van der Waals surface area (Å²) in [7, 11) is 0. The van der Waals surface area contributed by atoms with Crippen molar-refractivity contribution >= 4 is 65.2 Å². The van der Waals surface area contributed by atoms with Crippen LogP contribution in [0.25, 0.3) is 65.2 Å². The van der Waals surface area contributed by atoms with E-state index < -0.39 is 21.7 Å². The summed E-state index contributed by atoms with van der Waals surface area (Å²) in [5, 5.41) is 0.472. The summed E-state index contributed by atoms with van der Waals surface area (Å²) in [5.41, 5.74) is -1.74. The van der Waals surface area contributed by atoms with Crippen molar-refractivity contribution in [2.45, 2.75) is 0 Å². The Balaban J connectivity index is 1.35. The maximum atomic E-state index is 14.2. The predicted molar refractivity (Wildman–Crippen MR) is 189 cm³/mol. The SMILES string of the molecule is [2H]n1c2ccc3c(=O)c4c(Oc5ccccc5)cccc4c(=O)c3c2n([2H])c2ccc3c(=O)c4c(Oc5ccccc5)cccc4c(=O)c3c21. The maximum Gasteiger partial charge on any atom is 0.198 e. The summed E-state index contributed by atoms with van der Waals surface area (Å²) in [6, 6.07) is 33.2. The number of aromatic nitrogens is 2. The van der Waals surface area contributed by atoms with Gasteiger partial charge < -0.3 is 19.4 Å². The first-order valence-electron chi connectivity index (χ1n) is 16.1. The number of ether oxygens (including phenoxy) is 2. The minimum atomic E-state index is -0.511. The van der Waals surface area contributed by atoms with Gasteiger partial charge in [0.05, 0.1) is 43.6 Å². The molecule has 0 fully saturated rings. The van der Waals surface area contributed by atoms with Gasteiger partial charge in [0.2, 0.25) is 0 Å². The molecule has 9 aromatic rings. The van der Waals surface area contributed by atoms with Crippen LogP contribution in [0.1, 0.15) is 0 Å². The summed E-state index contributed by atoms with van der Waals surface area (Å²) in [6.07, 6.45) is 0. The first-order valence-corrected chi connectivity index (χ1v) is 15.2. The van der Waals surface area contributed by atoms with E-state index in [0.717, 1.165) is 9.95 Å². The van der Waals surface area contributed by atoms with E-state index in [1.54, 1.807) is 72.8 Å². The second-order valence-electron chi connectivity index (χ2n) is 11.4. The van der Waals surface area contributed by atoms with E-state index in [9.17, 15) is 22.0 Å². The lowest BCUT2D eigenvalue weighted by atomic mass is 9.99. The van der Waals surface area contributed by atoms with Gasteiger partial charge >= 0.3 is 0 Å². The average Bonchev–Trinajstić information content (AvgIpc) is 3.14. The summed E-state index contributed by atoms with van der Waals surface area (Å²) in [6.45, 7) is 0. The van der Waals surface area contributed by atoms with Crippen molar-refractivity contribution in [2.24, 2.45) is 0 Å². The molecule has 8 nitrogen and oxygen atoms in total. The molecular formula is C40H22N2O6. The fourth-order valence-electron chi connectivity index (χ4n) is 6.50. The Morgan fingerprint density at radius 1 is 0.396 bits per heavy atom. The second kappa shape index (κ2) is 10.4. The van der Waals surface area contributed by atoms with Crippen LogP contribution < -0.4 is 31.2 Å². The fraction of sp³-hybridized carbons (Fsp3) is 0. The van der Waals surface area contributed by atoms with Crippen molar-refractivity contribution in [3.05, 3.63) is 162 Å². The van der Waals surface area contributed by atoms with Crippen LogP contribution in [0.3, 0.4) is 0 Å². The number of nitrogens with one attached hydrogen (secondary N) is 2. The van der Waals surface area contributed by atoms with Gasteiger partial charge in [0.15, 0.2) is 24.5 Å². The summed E-state index contributed by atoms with van der Waals surface area (Å²) < 4.78 is 30.5. The molecule has 0 atom stereocenters. The smallest absolute Gasteiger partial charge is 0.198 e. The molecule has 0 spiro atoms. The quantitative estimate of drug-likeness (QED) is 0.152. The standard InChI is InChI=1S/C40H22N2O6/c43-37-25-17-19-27-35(33(25)39(45)23-13-7-15-29(31(23)37)47-21-9-3-1-4-10-21)41-28-20-18-26-34(36(28)42-27)40(46)24-14-8-16-30(32(24)38(26)44)48-22-11-5-2-6-12-22/h1-20,41-42H/i/hD2. The number of aromatic amines is 2. The van der Waals surface area contributed by atoms with Crippen LogP contribution >= 0.6 is 0 Å². The molecule has 1 heterocycles. The van der Waals surface area contributed by atoms with Crippen LogP contribution in [-0.4, -0.2) is 9.95 Å². The van der Waals surface area contributed by atoms with Crippen LogP contribution in [0.2, 0.25) is 2.82 Å². The van der Waals surface area contributed by atoms with Gasteiger partial charge in [0.25, 0.3) is 0 Å². The van der Waals surface area contributed by atoms with Crippen LogP contribution in [0, 0.1) is 0 Å². The lowest BCUT2D eigenvalue weighted by molar-refractivity contribution is 0.488. The number of fused-ring (bicyclic) bond motifs is 8. The summed E-state index contributed by atoms with van der Waals surface area (Å²) >= 11 is 0. The topological polar surface area (TPSA) is 118 Å². The molecule has 0 bridgehead atoms. The Morgan fingerprint density at radius 2 is 0.771 bits per heavy atom. The maximum absolute atomic E-state index is 14.2. The number of hydrogen-bond donors (Lipinski definition) is 2. The molecule has 0 radical (unpaired) electrons. The molecule has 8 heteroatoms. The molecule has 0 saturated carbocycles. The summed E-state index contributed by atoms with van der Waals surface area (Å²) in [4.78, 5) is 58.4. The van der Waals surface area contributed by atoms with Gasteiger partial charge in [-0.25, -0.2) is 0 Å². The fourth-order valence-corrected chi connectivity index (χ4v) is 6.50. The van der Waals surface area contributed by atoms with E-state index in [0.29, 0.717) is 11.5 Å². The van der Waals surface area contributed by atoms with Gasteiger partial charge in [0.1, 0.15) is 23.0 Å². The second-order valence-corrected chi connectivity index (χ2v) is 11.4. The van der Waals surface area contributed by atoms with Crippen LogP contribution in [0.5, 0.6) is 23.0 Å². The lowest BCUT2D eigenvalue weighted by Gasteiger charge is -2.12.